The zero-order valence-corrected chi connectivity index (χ0v) is 10.4. The Bertz CT molecular complexity index is 486. The first kappa shape index (κ1) is 13.8. The summed E-state index contributed by atoms with van der Waals surface area (Å²) in [6.07, 6.45) is 0.318. The molecule has 1 aromatic rings. The number of halogens is 2. The fraction of sp³-hybridized carbons (Fsp3) is 0.500. The highest BCUT2D eigenvalue weighted by Crippen LogP contribution is 2.44. The van der Waals surface area contributed by atoms with E-state index in [-0.39, 0.29) is 30.6 Å². The lowest BCUT2D eigenvalue weighted by Crippen LogP contribution is -2.25. The largest absolute Gasteiger partial charge is 0.507 e. The summed E-state index contributed by atoms with van der Waals surface area (Å²) in [5.74, 6) is -4.30. The van der Waals surface area contributed by atoms with Gasteiger partial charge in [-0.1, -0.05) is 18.2 Å². The molecule has 0 saturated heterocycles. The van der Waals surface area contributed by atoms with Crippen molar-refractivity contribution in [3.05, 3.63) is 29.3 Å². The molecule has 1 aromatic carbocycles. The maximum Gasteiger partial charge on any atom is 0.307 e. The van der Waals surface area contributed by atoms with E-state index in [1.165, 1.54) is 6.07 Å². The Morgan fingerprint density at radius 2 is 2.16 bits per heavy atom. The van der Waals surface area contributed by atoms with Crippen LogP contribution in [-0.4, -0.2) is 22.1 Å². The molecule has 0 heterocycles. The topological polar surface area (TPSA) is 57.5 Å². The number of rotatable bonds is 3. The molecule has 0 aromatic heterocycles. The van der Waals surface area contributed by atoms with Crippen LogP contribution < -0.4 is 0 Å². The second kappa shape index (κ2) is 5.15. The summed E-state index contributed by atoms with van der Waals surface area (Å²) < 4.78 is 26.8. The molecule has 1 fully saturated rings. The average Bonchev–Trinajstić information content (AvgIpc) is 2.30. The van der Waals surface area contributed by atoms with Gasteiger partial charge >= 0.3 is 5.97 Å². The molecule has 0 bridgehead atoms. The summed E-state index contributed by atoms with van der Waals surface area (Å²) in [5.41, 5.74) is 0.719. The third-order valence-electron chi connectivity index (χ3n) is 3.57. The number of carboxylic acids is 1. The van der Waals surface area contributed by atoms with Gasteiger partial charge < -0.3 is 10.2 Å². The van der Waals surface area contributed by atoms with E-state index in [0.29, 0.717) is 18.4 Å². The van der Waals surface area contributed by atoms with Gasteiger partial charge in [-0.15, -0.1) is 0 Å². The Kier molecular flexibility index (Phi) is 3.73. The number of carbonyl (C=O) groups is 1. The van der Waals surface area contributed by atoms with E-state index in [9.17, 15) is 18.7 Å². The predicted octanol–water partition coefficient (Wildman–Crippen LogP) is 3.31. The molecule has 5 heteroatoms. The first-order chi connectivity index (χ1) is 8.89. The lowest BCUT2D eigenvalue weighted by molar-refractivity contribution is -0.136. The monoisotopic (exact) mass is 270 g/mol. The second-order valence-corrected chi connectivity index (χ2v) is 5.07. The number of benzene rings is 1. The van der Waals surface area contributed by atoms with Gasteiger partial charge in [-0.05, 0) is 24.3 Å². The highest BCUT2D eigenvalue weighted by atomic mass is 19.3. The van der Waals surface area contributed by atoms with E-state index < -0.39 is 17.8 Å². The van der Waals surface area contributed by atoms with Crippen LogP contribution in [0, 0.1) is 0 Å². The van der Waals surface area contributed by atoms with Crippen molar-refractivity contribution in [3.63, 3.8) is 0 Å². The van der Waals surface area contributed by atoms with E-state index in [2.05, 4.69) is 0 Å². The molecule has 1 aliphatic carbocycles. The van der Waals surface area contributed by atoms with E-state index in [1.807, 2.05) is 0 Å². The van der Waals surface area contributed by atoms with E-state index in [1.54, 1.807) is 12.1 Å². The van der Waals surface area contributed by atoms with Gasteiger partial charge in [0.25, 0.3) is 0 Å². The van der Waals surface area contributed by atoms with Gasteiger partial charge in [-0.25, -0.2) is 8.78 Å². The van der Waals surface area contributed by atoms with Crippen molar-refractivity contribution in [2.24, 2.45) is 0 Å². The number of carboxylic acid groups (broad SMARTS) is 1. The van der Waals surface area contributed by atoms with Gasteiger partial charge in [0.2, 0.25) is 5.92 Å². The smallest absolute Gasteiger partial charge is 0.307 e. The molecule has 2 N–H and O–H groups in total. The van der Waals surface area contributed by atoms with Gasteiger partial charge in [0, 0.05) is 18.4 Å². The van der Waals surface area contributed by atoms with Crippen molar-refractivity contribution < 1.29 is 23.8 Å². The normalized spacial score (nSPS) is 22.1. The fourth-order valence-electron chi connectivity index (χ4n) is 2.68. The summed E-state index contributed by atoms with van der Waals surface area (Å²) in [6, 6.07) is 4.72. The van der Waals surface area contributed by atoms with Crippen molar-refractivity contribution in [3.8, 4) is 5.75 Å². The number of phenolic OH excluding ortho intramolecular Hbond substituents is 1. The summed E-state index contributed by atoms with van der Waals surface area (Å²) >= 11 is 0. The third-order valence-corrected chi connectivity index (χ3v) is 3.57. The molecule has 0 unspecified atom stereocenters. The van der Waals surface area contributed by atoms with Crippen molar-refractivity contribution in [1.29, 1.82) is 0 Å². The Labute approximate surface area is 109 Å². The van der Waals surface area contributed by atoms with Crippen LogP contribution in [-0.2, 0) is 11.2 Å². The SMILES string of the molecule is O=C(O)Cc1cccc([C@@H]2CCCC(F)(F)C2)c1O. The molecule has 1 saturated carbocycles. The van der Waals surface area contributed by atoms with Crippen LogP contribution in [0.2, 0.25) is 0 Å². The van der Waals surface area contributed by atoms with Crippen molar-refractivity contribution in [2.45, 2.75) is 43.9 Å². The minimum atomic E-state index is -2.70. The predicted molar refractivity (Wildman–Crippen MR) is 65.6 cm³/mol. The molecule has 0 spiro atoms. The third kappa shape index (κ3) is 3.22. The first-order valence-corrected chi connectivity index (χ1v) is 6.29. The molecule has 0 aliphatic heterocycles. The zero-order chi connectivity index (χ0) is 14.0. The molecular formula is C14H16F2O3. The maximum atomic E-state index is 13.4. The number of alkyl halides is 2. The number of hydrogen-bond donors (Lipinski definition) is 2. The van der Waals surface area contributed by atoms with Crippen LogP contribution in [0.1, 0.15) is 42.7 Å². The highest BCUT2D eigenvalue weighted by molar-refractivity contribution is 5.71. The zero-order valence-electron chi connectivity index (χ0n) is 10.4. The highest BCUT2D eigenvalue weighted by Gasteiger charge is 2.37. The molecule has 104 valence electrons. The quantitative estimate of drug-likeness (QED) is 0.885. The van der Waals surface area contributed by atoms with E-state index in [0.717, 1.165) is 0 Å². The van der Waals surface area contributed by atoms with Crippen LogP contribution in [0.5, 0.6) is 5.75 Å². The Hall–Kier alpha value is -1.65. The van der Waals surface area contributed by atoms with Crippen molar-refractivity contribution >= 4 is 5.97 Å². The second-order valence-electron chi connectivity index (χ2n) is 5.07. The molecule has 0 radical (unpaired) electrons. The molecule has 19 heavy (non-hydrogen) atoms. The molecule has 0 amide bonds. The van der Waals surface area contributed by atoms with Crippen molar-refractivity contribution in [1.82, 2.24) is 0 Å². The average molecular weight is 270 g/mol. The number of hydrogen-bond acceptors (Lipinski definition) is 2. The van der Waals surface area contributed by atoms with Gasteiger partial charge in [-0.3, -0.25) is 4.79 Å². The van der Waals surface area contributed by atoms with Crippen LogP contribution in [0.4, 0.5) is 8.78 Å². The summed E-state index contributed by atoms with van der Waals surface area (Å²) in [7, 11) is 0. The number of aromatic hydroxyl groups is 1. The number of aliphatic carboxylic acids is 1. The van der Waals surface area contributed by atoms with Crippen LogP contribution in [0.25, 0.3) is 0 Å². The van der Waals surface area contributed by atoms with Gasteiger partial charge in [0.15, 0.2) is 0 Å². The van der Waals surface area contributed by atoms with E-state index >= 15 is 0 Å². The molecule has 1 atom stereocenters. The number of para-hydroxylation sites is 1. The van der Waals surface area contributed by atoms with Gasteiger partial charge in [0.1, 0.15) is 5.75 Å². The summed E-state index contributed by atoms with van der Waals surface area (Å²) in [6.45, 7) is 0. The Balaban J connectivity index is 2.27. The molecule has 1 aliphatic rings. The first-order valence-electron chi connectivity index (χ1n) is 6.29. The van der Waals surface area contributed by atoms with Crippen LogP contribution in [0.3, 0.4) is 0 Å². The fourth-order valence-corrected chi connectivity index (χ4v) is 2.68. The number of phenols is 1. The standard InChI is InChI=1S/C14H16F2O3/c15-14(16)6-2-4-10(8-14)11-5-1-3-9(13(11)19)7-12(17)18/h1,3,5,10,19H,2,4,6-8H2,(H,17,18)/t10-/m1/s1. The Morgan fingerprint density at radius 1 is 1.42 bits per heavy atom. The van der Waals surface area contributed by atoms with Crippen molar-refractivity contribution in [2.75, 3.05) is 0 Å². The Morgan fingerprint density at radius 3 is 2.79 bits per heavy atom. The summed E-state index contributed by atoms with van der Waals surface area (Å²) in [4.78, 5) is 10.7. The lowest BCUT2D eigenvalue weighted by atomic mass is 9.81. The van der Waals surface area contributed by atoms with Crippen LogP contribution >= 0.6 is 0 Å². The maximum absolute atomic E-state index is 13.4. The van der Waals surface area contributed by atoms with Gasteiger partial charge in [0.05, 0.1) is 6.42 Å². The molecular weight excluding hydrogens is 254 g/mol. The summed E-state index contributed by atoms with van der Waals surface area (Å²) in [5, 5.41) is 18.8. The molecule has 3 nitrogen and oxygen atoms in total. The van der Waals surface area contributed by atoms with E-state index in [4.69, 9.17) is 5.11 Å². The van der Waals surface area contributed by atoms with Crippen LogP contribution in [0.15, 0.2) is 18.2 Å². The van der Waals surface area contributed by atoms with Gasteiger partial charge in [-0.2, -0.15) is 0 Å². The minimum absolute atomic E-state index is 0.112. The lowest BCUT2D eigenvalue weighted by Gasteiger charge is -2.29. The minimum Gasteiger partial charge on any atom is -0.507 e. The molecule has 2 rings (SSSR count).